The van der Waals surface area contributed by atoms with Crippen molar-refractivity contribution in [3.8, 4) is 5.75 Å². The number of aromatic nitrogens is 2. The van der Waals surface area contributed by atoms with Gasteiger partial charge in [-0.3, -0.25) is 4.79 Å². The lowest BCUT2D eigenvalue weighted by Crippen LogP contribution is -2.23. The van der Waals surface area contributed by atoms with Gasteiger partial charge in [0.05, 0.1) is 30.3 Å². The number of nitrogens with zero attached hydrogens (tertiary/aromatic N) is 4. The number of rotatable bonds is 8. The number of anilines is 4. The lowest BCUT2D eigenvalue weighted by Gasteiger charge is -2.23. The average Bonchev–Trinajstić information content (AvgIpc) is 2.90. The van der Waals surface area contributed by atoms with Crippen LogP contribution < -0.4 is 20.7 Å². The zero-order valence-electron chi connectivity index (χ0n) is 22.9. The standard InChI is InChI=1S/C29H31F3N6O2/c1-17-35-24-8-7-22(38(4)25-12-18(6-9-26(25)40-5)13-27(39)37(2)3)15-23(24)28(36-17)34-16-19-10-20(29(30,31)32)14-21(33)11-19/h6-12,14-15H,13,16,33H2,1-5H3,(H,34,35,36). The molecular weight excluding hydrogens is 521 g/mol. The number of fused-ring (bicyclic) bond motifs is 1. The average molecular weight is 553 g/mol. The number of alkyl halides is 3. The van der Waals surface area contributed by atoms with Crippen LogP contribution in [0.5, 0.6) is 5.75 Å². The van der Waals surface area contributed by atoms with Gasteiger partial charge in [0.1, 0.15) is 17.4 Å². The van der Waals surface area contributed by atoms with Gasteiger partial charge in [0, 0.05) is 44.4 Å². The van der Waals surface area contributed by atoms with Crippen molar-refractivity contribution in [1.82, 2.24) is 14.9 Å². The Morgan fingerprint density at radius 1 is 1.00 bits per heavy atom. The van der Waals surface area contributed by atoms with Gasteiger partial charge in [-0.15, -0.1) is 0 Å². The van der Waals surface area contributed by atoms with Crippen molar-refractivity contribution in [3.05, 3.63) is 77.1 Å². The smallest absolute Gasteiger partial charge is 0.416 e. The molecule has 3 N–H and O–H groups in total. The fraction of sp³-hybridized carbons (Fsp3) is 0.276. The highest BCUT2D eigenvalue weighted by atomic mass is 19.4. The van der Waals surface area contributed by atoms with Gasteiger partial charge in [-0.1, -0.05) is 6.07 Å². The Morgan fingerprint density at radius 3 is 2.42 bits per heavy atom. The van der Waals surface area contributed by atoms with E-state index in [0.29, 0.717) is 33.9 Å². The Hall–Kier alpha value is -4.54. The van der Waals surface area contributed by atoms with Crippen molar-refractivity contribution < 1.29 is 22.7 Å². The number of amides is 1. The molecule has 0 bridgehead atoms. The summed E-state index contributed by atoms with van der Waals surface area (Å²) in [7, 11) is 6.89. The van der Waals surface area contributed by atoms with Gasteiger partial charge in [-0.25, -0.2) is 9.97 Å². The molecule has 0 spiro atoms. The van der Waals surface area contributed by atoms with Crippen LogP contribution in [-0.4, -0.2) is 49.0 Å². The normalized spacial score (nSPS) is 11.4. The molecule has 0 saturated heterocycles. The predicted octanol–water partition coefficient (Wildman–Crippen LogP) is 5.56. The Balaban J connectivity index is 1.68. The summed E-state index contributed by atoms with van der Waals surface area (Å²) in [5.41, 5.74) is 8.39. The summed E-state index contributed by atoms with van der Waals surface area (Å²) >= 11 is 0. The number of hydrogen-bond acceptors (Lipinski definition) is 7. The van der Waals surface area contributed by atoms with Crippen molar-refractivity contribution in [1.29, 1.82) is 0 Å². The number of carbonyl (C=O) groups is 1. The third kappa shape index (κ3) is 6.36. The second-order valence-corrected chi connectivity index (χ2v) is 9.67. The van der Waals surface area contributed by atoms with E-state index in [2.05, 4.69) is 15.3 Å². The maximum Gasteiger partial charge on any atom is 0.416 e. The Morgan fingerprint density at radius 2 is 1.75 bits per heavy atom. The number of benzene rings is 3. The topological polar surface area (TPSA) is 96.6 Å². The fourth-order valence-electron chi connectivity index (χ4n) is 4.33. The Kier molecular flexibility index (Phi) is 8.03. The molecule has 4 aromatic rings. The first-order valence-corrected chi connectivity index (χ1v) is 12.5. The number of nitrogen functional groups attached to an aromatic ring is 1. The Labute approximate surface area is 230 Å². The molecule has 0 radical (unpaired) electrons. The van der Waals surface area contributed by atoms with Crippen molar-refractivity contribution in [3.63, 3.8) is 0 Å². The van der Waals surface area contributed by atoms with Crippen molar-refractivity contribution in [2.24, 2.45) is 0 Å². The van der Waals surface area contributed by atoms with Crippen LogP contribution in [0.25, 0.3) is 10.9 Å². The minimum Gasteiger partial charge on any atom is -0.495 e. The largest absolute Gasteiger partial charge is 0.495 e. The number of halogens is 3. The lowest BCUT2D eigenvalue weighted by atomic mass is 10.1. The summed E-state index contributed by atoms with van der Waals surface area (Å²) in [6.07, 6.45) is -4.25. The maximum absolute atomic E-state index is 13.3. The third-order valence-electron chi connectivity index (χ3n) is 6.44. The summed E-state index contributed by atoms with van der Waals surface area (Å²) in [5, 5.41) is 3.85. The number of hydrogen-bond donors (Lipinski definition) is 2. The zero-order valence-corrected chi connectivity index (χ0v) is 22.9. The second kappa shape index (κ2) is 11.3. The molecular formula is C29H31F3N6O2. The molecule has 1 heterocycles. The van der Waals surface area contributed by atoms with Crippen LogP contribution in [0, 0.1) is 6.92 Å². The fourth-order valence-corrected chi connectivity index (χ4v) is 4.33. The number of likely N-dealkylation sites (N-methyl/N-ethyl adjacent to an activating group) is 1. The maximum atomic E-state index is 13.3. The third-order valence-corrected chi connectivity index (χ3v) is 6.44. The van der Waals surface area contributed by atoms with E-state index in [1.54, 1.807) is 33.0 Å². The molecule has 1 amide bonds. The molecule has 11 heteroatoms. The quantitative estimate of drug-likeness (QED) is 0.276. The van der Waals surface area contributed by atoms with Crippen LogP contribution in [0.1, 0.15) is 22.5 Å². The monoisotopic (exact) mass is 552 g/mol. The van der Waals surface area contributed by atoms with Crippen molar-refractivity contribution >= 4 is 39.7 Å². The van der Waals surface area contributed by atoms with Gasteiger partial charge < -0.3 is 25.6 Å². The van der Waals surface area contributed by atoms with Gasteiger partial charge in [-0.05, 0) is 66.6 Å². The van der Waals surface area contributed by atoms with E-state index in [-0.39, 0.29) is 24.6 Å². The van der Waals surface area contributed by atoms with Gasteiger partial charge in [0.15, 0.2) is 0 Å². The van der Waals surface area contributed by atoms with Gasteiger partial charge in [0.2, 0.25) is 5.91 Å². The first-order valence-electron chi connectivity index (χ1n) is 12.5. The van der Waals surface area contributed by atoms with Crippen molar-refractivity contribution in [2.75, 3.05) is 44.2 Å². The van der Waals surface area contributed by atoms with Crippen LogP contribution in [0.15, 0.2) is 54.6 Å². The number of carbonyl (C=O) groups excluding carboxylic acids is 1. The molecule has 0 aliphatic rings. The lowest BCUT2D eigenvalue weighted by molar-refractivity contribution is -0.137. The Bertz CT molecular complexity index is 1560. The highest BCUT2D eigenvalue weighted by molar-refractivity contribution is 5.92. The number of methoxy groups -OCH3 is 1. The molecule has 1 aromatic heterocycles. The highest BCUT2D eigenvalue weighted by Gasteiger charge is 2.31. The minimum atomic E-state index is -4.50. The predicted molar refractivity (Wildman–Crippen MR) is 151 cm³/mol. The molecule has 8 nitrogen and oxygen atoms in total. The first-order chi connectivity index (χ1) is 18.8. The van der Waals surface area contributed by atoms with Crippen LogP contribution >= 0.6 is 0 Å². The van der Waals surface area contributed by atoms with E-state index in [1.807, 2.05) is 48.3 Å². The molecule has 4 rings (SSSR count). The minimum absolute atomic E-state index is 0.0183. The molecule has 3 aromatic carbocycles. The van der Waals surface area contributed by atoms with Gasteiger partial charge in [-0.2, -0.15) is 13.2 Å². The molecule has 0 atom stereocenters. The molecule has 0 fully saturated rings. The number of ether oxygens (including phenoxy) is 1. The number of aryl methyl sites for hydroxylation is 1. The molecule has 210 valence electrons. The summed E-state index contributed by atoms with van der Waals surface area (Å²) in [6, 6.07) is 14.7. The van der Waals surface area contributed by atoms with Gasteiger partial charge in [0.25, 0.3) is 0 Å². The van der Waals surface area contributed by atoms with Crippen molar-refractivity contribution in [2.45, 2.75) is 26.1 Å². The first kappa shape index (κ1) is 28.5. The number of nitrogens with one attached hydrogen (secondary N) is 1. The SMILES string of the molecule is COc1ccc(CC(=O)N(C)C)cc1N(C)c1ccc2nc(C)nc(NCc3cc(N)cc(C(F)(F)F)c3)c2c1. The van der Waals surface area contributed by atoms with E-state index in [0.717, 1.165) is 29.1 Å². The molecule has 40 heavy (non-hydrogen) atoms. The van der Waals surface area contributed by atoms with E-state index >= 15 is 0 Å². The van der Waals surface area contributed by atoms with E-state index in [9.17, 15) is 18.0 Å². The molecule has 0 saturated carbocycles. The highest BCUT2D eigenvalue weighted by Crippen LogP contribution is 2.36. The van der Waals surface area contributed by atoms with E-state index in [4.69, 9.17) is 10.5 Å². The molecule has 0 aliphatic carbocycles. The number of nitrogens with two attached hydrogens (primary N) is 1. The molecule has 0 aliphatic heterocycles. The summed E-state index contributed by atoms with van der Waals surface area (Å²) < 4.78 is 45.4. The van der Waals surface area contributed by atoms with E-state index < -0.39 is 11.7 Å². The zero-order chi connectivity index (χ0) is 29.2. The van der Waals surface area contributed by atoms with Crippen LogP contribution in [0.3, 0.4) is 0 Å². The molecule has 0 unspecified atom stereocenters. The summed E-state index contributed by atoms with van der Waals surface area (Å²) in [5.74, 6) is 1.60. The van der Waals surface area contributed by atoms with Gasteiger partial charge >= 0.3 is 6.18 Å². The second-order valence-electron chi connectivity index (χ2n) is 9.67. The van der Waals surface area contributed by atoms with E-state index in [1.165, 1.54) is 6.07 Å². The summed E-state index contributed by atoms with van der Waals surface area (Å²) in [4.78, 5) is 24.8. The van der Waals surface area contributed by atoms with Crippen LogP contribution in [0.2, 0.25) is 0 Å². The van der Waals surface area contributed by atoms with Crippen LogP contribution in [-0.2, 0) is 23.9 Å². The summed E-state index contributed by atoms with van der Waals surface area (Å²) in [6.45, 7) is 1.83. The van der Waals surface area contributed by atoms with Crippen LogP contribution in [0.4, 0.5) is 36.1 Å².